The molecule has 4 nitrogen and oxygen atoms in total. The molecule has 0 amide bonds. The molecule has 1 fully saturated rings. The molecule has 1 aliphatic carbocycles. The van der Waals surface area contributed by atoms with E-state index in [-0.39, 0.29) is 0 Å². The summed E-state index contributed by atoms with van der Waals surface area (Å²) < 4.78 is 0. The van der Waals surface area contributed by atoms with Crippen molar-refractivity contribution in [3.05, 3.63) is 11.6 Å². The van der Waals surface area contributed by atoms with E-state index in [1.807, 2.05) is 0 Å². The summed E-state index contributed by atoms with van der Waals surface area (Å²) in [7, 11) is 0. The van der Waals surface area contributed by atoms with Crippen LogP contribution in [-0.4, -0.2) is 21.7 Å². The highest BCUT2D eigenvalue weighted by Crippen LogP contribution is 2.34. The van der Waals surface area contributed by atoms with Gasteiger partial charge in [-0.3, -0.25) is 5.10 Å². The molecule has 3 N–H and O–H groups in total. The Labute approximate surface area is 97.0 Å². The number of hydrogen-bond acceptors (Lipinski definition) is 3. The third-order valence-corrected chi connectivity index (χ3v) is 3.47. The molecule has 1 heterocycles. The maximum Gasteiger partial charge on any atom is 0.153 e. The summed E-state index contributed by atoms with van der Waals surface area (Å²) in [4.78, 5) is 4.58. The van der Waals surface area contributed by atoms with Crippen molar-refractivity contribution >= 4 is 0 Å². The Morgan fingerprint density at radius 2 is 2.31 bits per heavy atom. The standard InChI is InChI=1S/C12H22N4/c1-9-4-2-5-10(8-9)12-14-11(15-16-12)6-3-7-13/h9-10H,2-8,13H2,1H3,(H,14,15,16). The minimum Gasteiger partial charge on any atom is -0.330 e. The molecule has 2 atom stereocenters. The molecule has 1 aromatic rings. The number of aromatic nitrogens is 3. The lowest BCUT2D eigenvalue weighted by atomic mass is 9.82. The minimum atomic E-state index is 0.576. The molecule has 0 aliphatic heterocycles. The van der Waals surface area contributed by atoms with Crippen LogP contribution in [0.1, 0.15) is 56.6 Å². The fraction of sp³-hybridized carbons (Fsp3) is 0.833. The van der Waals surface area contributed by atoms with Crippen molar-refractivity contribution in [1.82, 2.24) is 15.2 Å². The maximum absolute atomic E-state index is 5.48. The van der Waals surface area contributed by atoms with Crippen LogP contribution in [0.15, 0.2) is 0 Å². The summed E-state index contributed by atoms with van der Waals surface area (Å²) >= 11 is 0. The highest BCUT2D eigenvalue weighted by molar-refractivity contribution is 5.00. The van der Waals surface area contributed by atoms with E-state index in [1.165, 1.54) is 25.7 Å². The van der Waals surface area contributed by atoms with E-state index in [0.717, 1.165) is 37.0 Å². The van der Waals surface area contributed by atoms with E-state index in [4.69, 9.17) is 5.73 Å². The van der Waals surface area contributed by atoms with Crippen molar-refractivity contribution in [2.75, 3.05) is 6.54 Å². The first kappa shape index (κ1) is 11.6. The molecule has 0 radical (unpaired) electrons. The van der Waals surface area contributed by atoms with E-state index in [9.17, 15) is 0 Å². The molecule has 1 aromatic heterocycles. The predicted octanol–water partition coefficient (Wildman–Crippen LogP) is 1.99. The van der Waals surface area contributed by atoms with Crippen LogP contribution < -0.4 is 5.73 Å². The Morgan fingerprint density at radius 3 is 3.06 bits per heavy atom. The molecular weight excluding hydrogens is 200 g/mol. The zero-order valence-corrected chi connectivity index (χ0v) is 10.1. The number of nitrogens with zero attached hydrogens (tertiary/aromatic N) is 2. The Hall–Kier alpha value is -0.900. The van der Waals surface area contributed by atoms with Gasteiger partial charge >= 0.3 is 0 Å². The summed E-state index contributed by atoms with van der Waals surface area (Å²) in [5.41, 5.74) is 5.48. The first-order valence-corrected chi connectivity index (χ1v) is 6.41. The van der Waals surface area contributed by atoms with Gasteiger partial charge in [0.1, 0.15) is 5.82 Å². The topological polar surface area (TPSA) is 67.6 Å². The van der Waals surface area contributed by atoms with Gasteiger partial charge in [-0.25, -0.2) is 4.98 Å². The van der Waals surface area contributed by atoms with E-state index in [0.29, 0.717) is 5.92 Å². The Morgan fingerprint density at radius 1 is 1.44 bits per heavy atom. The smallest absolute Gasteiger partial charge is 0.153 e. The molecule has 1 aliphatic rings. The van der Waals surface area contributed by atoms with Gasteiger partial charge in [0.25, 0.3) is 0 Å². The molecule has 90 valence electrons. The quantitative estimate of drug-likeness (QED) is 0.818. The van der Waals surface area contributed by atoms with Gasteiger partial charge in [0.2, 0.25) is 0 Å². The third kappa shape index (κ3) is 2.82. The van der Waals surface area contributed by atoms with Crippen LogP contribution in [0.4, 0.5) is 0 Å². The van der Waals surface area contributed by atoms with Crippen molar-refractivity contribution < 1.29 is 0 Å². The van der Waals surface area contributed by atoms with E-state index in [1.54, 1.807) is 0 Å². The Bertz CT molecular complexity index is 321. The predicted molar refractivity (Wildman–Crippen MR) is 64.1 cm³/mol. The van der Waals surface area contributed by atoms with Crippen molar-refractivity contribution in [3.8, 4) is 0 Å². The van der Waals surface area contributed by atoms with Crippen LogP contribution in [0.5, 0.6) is 0 Å². The molecule has 2 unspecified atom stereocenters. The second-order valence-corrected chi connectivity index (χ2v) is 5.00. The zero-order chi connectivity index (χ0) is 11.4. The normalized spacial score (nSPS) is 25.9. The van der Waals surface area contributed by atoms with Gasteiger partial charge in [0.05, 0.1) is 0 Å². The SMILES string of the molecule is CC1CCCC(c2n[nH]c(CCCN)n2)C1. The molecule has 0 aromatic carbocycles. The average molecular weight is 222 g/mol. The second kappa shape index (κ2) is 5.43. The molecule has 1 saturated carbocycles. The molecule has 0 bridgehead atoms. The number of H-pyrrole nitrogens is 1. The van der Waals surface area contributed by atoms with Crippen LogP contribution in [0, 0.1) is 5.92 Å². The van der Waals surface area contributed by atoms with Crippen LogP contribution in [-0.2, 0) is 6.42 Å². The minimum absolute atomic E-state index is 0.576. The Balaban J connectivity index is 1.95. The number of nitrogens with two attached hydrogens (primary N) is 1. The first-order chi connectivity index (χ1) is 7.79. The zero-order valence-electron chi connectivity index (χ0n) is 10.1. The van der Waals surface area contributed by atoms with Crippen molar-refractivity contribution in [3.63, 3.8) is 0 Å². The Kier molecular flexibility index (Phi) is 3.93. The fourth-order valence-corrected chi connectivity index (χ4v) is 2.54. The fourth-order valence-electron chi connectivity index (χ4n) is 2.54. The summed E-state index contributed by atoms with van der Waals surface area (Å²) in [6.07, 6.45) is 7.08. The monoisotopic (exact) mass is 222 g/mol. The molecule has 4 heteroatoms. The van der Waals surface area contributed by atoms with E-state index in [2.05, 4.69) is 22.1 Å². The summed E-state index contributed by atoms with van der Waals surface area (Å²) in [5.74, 6) is 3.42. The summed E-state index contributed by atoms with van der Waals surface area (Å²) in [5, 5.41) is 7.39. The molecule has 0 spiro atoms. The van der Waals surface area contributed by atoms with Crippen LogP contribution >= 0.6 is 0 Å². The highest BCUT2D eigenvalue weighted by atomic mass is 15.2. The first-order valence-electron chi connectivity index (χ1n) is 6.41. The van der Waals surface area contributed by atoms with Gasteiger partial charge < -0.3 is 5.73 Å². The van der Waals surface area contributed by atoms with Crippen LogP contribution in [0.2, 0.25) is 0 Å². The van der Waals surface area contributed by atoms with Gasteiger partial charge in [-0.1, -0.05) is 19.8 Å². The van der Waals surface area contributed by atoms with E-state index >= 15 is 0 Å². The molecule has 2 rings (SSSR count). The van der Waals surface area contributed by atoms with Gasteiger partial charge in [-0.05, 0) is 31.7 Å². The van der Waals surface area contributed by atoms with E-state index < -0.39 is 0 Å². The van der Waals surface area contributed by atoms with Crippen molar-refractivity contribution in [2.24, 2.45) is 11.7 Å². The van der Waals surface area contributed by atoms with Crippen molar-refractivity contribution in [2.45, 2.75) is 51.4 Å². The average Bonchev–Trinajstić information content (AvgIpc) is 2.75. The number of hydrogen-bond donors (Lipinski definition) is 2. The van der Waals surface area contributed by atoms with Crippen molar-refractivity contribution in [1.29, 1.82) is 0 Å². The second-order valence-electron chi connectivity index (χ2n) is 5.00. The number of rotatable bonds is 4. The highest BCUT2D eigenvalue weighted by Gasteiger charge is 2.23. The molecular formula is C12H22N4. The largest absolute Gasteiger partial charge is 0.330 e. The molecule has 16 heavy (non-hydrogen) atoms. The van der Waals surface area contributed by atoms with Crippen LogP contribution in [0.25, 0.3) is 0 Å². The molecule has 0 saturated heterocycles. The summed E-state index contributed by atoms with van der Waals surface area (Å²) in [6.45, 7) is 3.05. The lowest BCUT2D eigenvalue weighted by molar-refractivity contribution is 0.335. The van der Waals surface area contributed by atoms with Gasteiger partial charge in [0, 0.05) is 12.3 Å². The number of aromatic amines is 1. The number of nitrogens with one attached hydrogen (secondary N) is 1. The van der Waals surface area contributed by atoms with Gasteiger partial charge in [-0.2, -0.15) is 5.10 Å². The number of aryl methyl sites for hydroxylation is 1. The van der Waals surface area contributed by atoms with Gasteiger partial charge in [-0.15, -0.1) is 0 Å². The van der Waals surface area contributed by atoms with Crippen LogP contribution in [0.3, 0.4) is 0 Å². The third-order valence-electron chi connectivity index (χ3n) is 3.47. The lowest BCUT2D eigenvalue weighted by Gasteiger charge is -2.24. The lowest BCUT2D eigenvalue weighted by Crippen LogP contribution is -2.13. The maximum atomic E-state index is 5.48. The van der Waals surface area contributed by atoms with Gasteiger partial charge in [0.15, 0.2) is 5.82 Å². The summed E-state index contributed by atoms with van der Waals surface area (Å²) in [6, 6.07) is 0.